The highest BCUT2D eigenvalue weighted by Crippen LogP contribution is 2.39. The third-order valence-corrected chi connectivity index (χ3v) is 4.56. The van der Waals surface area contributed by atoms with Gasteiger partial charge < -0.3 is 19.5 Å². The van der Waals surface area contributed by atoms with Crippen molar-refractivity contribution in [1.29, 1.82) is 0 Å². The van der Waals surface area contributed by atoms with Crippen molar-refractivity contribution in [3.8, 4) is 11.5 Å². The molecule has 2 aromatic rings. The second-order valence-electron chi connectivity index (χ2n) is 6.43. The van der Waals surface area contributed by atoms with E-state index in [2.05, 4.69) is 22.3 Å². The van der Waals surface area contributed by atoms with Crippen LogP contribution in [-0.2, 0) is 9.53 Å². The molecule has 1 N–H and O–H groups in total. The molecule has 8 heteroatoms. The molecule has 0 saturated heterocycles. The minimum atomic E-state index is -0.474. The van der Waals surface area contributed by atoms with Crippen LogP contribution in [0.15, 0.2) is 29.5 Å². The highest BCUT2D eigenvalue weighted by molar-refractivity contribution is 5.92. The Morgan fingerprint density at radius 2 is 1.96 bits per heavy atom. The quantitative estimate of drug-likeness (QED) is 0.731. The highest BCUT2D eigenvalue weighted by Gasteiger charge is 2.36. The summed E-state index contributed by atoms with van der Waals surface area (Å²) in [6.45, 7) is 5.98. The van der Waals surface area contributed by atoms with Gasteiger partial charge in [0.1, 0.15) is 11.9 Å². The molecule has 8 nitrogen and oxygen atoms in total. The normalized spacial score (nSPS) is 15.7. The number of carbonyl (C=O) groups excluding carboxylic acids is 1. The molecule has 0 fully saturated rings. The Morgan fingerprint density at radius 3 is 2.61 bits per heavy atom. The molecule has 2 heterocycles. The van der Waals surface area contributed by atoms with E-state index in [0.717, 1.165) is 17.7 Å². The average Bonchev–Trinajstić information content (AvgIpc) is 3.06. The van der Waals surface area contributed by atoms with Crippen molar-refractivity contribution >= 4 is 11.9 Å². The molecular weight excluding hydrogens is 360 g/mol. The smallest absolute Gasteiger partial charge is 0.338 e. The van der Waals surface area contributed by atoms with Crippen LogP contribution in [0.1, 0.15) is 44.1 Å². The number of fused-ring (bicyclic) bond motifs is 1. The second kappa shape index (κ2) is 8.33. The zero-order chi connectivity index (χ0) is 20.3. The number of carbonyl (C=O) groups is 1. The first kappa shape index (κ1) is 19.7. The molecule has 1 aromatic carbocycles. The number of anilines is 1. The van der Waals surface area contributed by atoms with E-state index in [1.54, 1.807) is 25.8 Å². The number of aryl methyl sites for hydroxylation is 1. The standard InChI is InChI=1S/C20H26N4O4/c1-6-8-14-17(19(25)28-7-2)18(24-20(22-14)21-12(3)23-24)13-9-10-15(26-4)16(11-13)27-5/h9-11,18H,6-8H2,1-5H3,(H,21,22,23)/t18-/m1/s1. The van der Waals surface area contributed by atoms with E-state index in [-0.39, 0.29) is 5.97 Å². The molecule has 1 aliphatic heterocycles. The Bertz CT molecular complexity index is 904. The van der Waals surface area contributed by atoms with Crippen molar-refractivity contribution in [2.24, 2.45) is 0 Å². The lowest BCUT2D eigenvalue weighted by atomic mass is 9.93. The van der Waals surface area contributed by atoms with Crippen LogP contribution in [0.5, 0.6) is 11.5 Å². The van der Waals surface area contributed by atoms with Gasteiger partial charge >= 0.3 is 5.97 Å². The van der Waals surface area contributed by atoms with E-state index >= 15 is 0 Å². The Hall–Kier alpha value is -3.03. The van der Waals surface area contributed by atoms with Gasteiger partial charge in [0, 0.05) is 5.70 Å². The maximum atomic E-state index is 12.9. The van der Waals surface area contributed by atoms with Crippen molar-refractivity contribution in [2.75, 3.05) is 26.1 Å². The molecular formula is C20H26N4O4. The number of rotatable bonds is 7. The van der Waals surface area contributed by atoms with E-state index in [1.165, 1.54) is 0 Å². The van der Waals surface area contributed by atoms with Crippen molar-refractivity contribution in [1.82, 2.24) is 14.8 Å². The third-order valence-electron chi connectivity index (χ3n) is 4.56. The van der Waals surface area contributed by atoms with Crippen LogP contribution in [0.25, 0.3) is 0 Å². The van der Waals surface area contributed by atoms with E-state index in [1.807, 2.05) is 25.1 Å². The Kier molecular flexibility index (Phi) is 5.87. The predicted molar refractivity (Wildman–Crippen MR) is 105 cm³/mol. The maximum absolute atomic E-state index is 12.9. The zero-order valence-corrected chi connectivity index (χ0v) is 16.9. The Morgan fingerprint density at radius 1 is 1.21 bits per heavy atom. The largest absolute Gasteiger partial charge is 0.493 e. The number of hydrogen-bond acceptors (Lipinski definition) is 7. The van der Waals surface area contributed by atoms with E-state index in [0.29, 0.717) is 41.9 Å². The summed E-state index contributed by atoms with van der Waals surface area (Å²) in [5.41, 5.74) is 2.18. The Labute approximate surface area is 164 Å². The van der Waals surface area contributed by atoms with E-state index in [9.17, 15) is 4.79 Å². The van der Waals surface area contributed by atoms with E-state index in [4.69, 9.17) is 14.2 Å². The monoisotopic (exact) mass is 386 g/mol. The SMILES string of the molecule is CCCC1=C(C(=O)OCC)[C@@H](c2ccc(OC)c(OC)c2)n2nc(C)nc2N1. The van der Waals surface area contributed by atoms with Crippen LogP contribution in [0.4, 0.5) is 5.95 Å². The molecule has 3 rings (SSSR count). The number of aromatic nitrogens is 3. The van der Waals surface area contributed by atoms with Gasteiger partial charge in [-0.25, -0.2) is 9.48 Å². The van der Waals surface area contributed by atoms with Gasteiger partial charge in [0.05, 0.1) is 26.4 Å². The van der Waals surface area contributed by atoms with Gasteiger partial charge in [0.25, 0.3) is 0 Å². The molecule has 0 aliphatic carbocycles. The summed E-state index contributed by atoms with van der Waals surface area (Å²) in [6.07, 6.45) is 1.57. The fourth-order valence-corrected chi connectivity index (χ4v) is 3.41. The molecule has 0 spiro atoms. The van der Waals surface area contributed by atoms with Gasteiger partial charge in [-0.05, 0) is 38.0 Å². The van der Waals surface area contributed by atoms with Crippen molar-refractivity contribution in [3.05, 3.63) is 40.9 Å². The van der Waals surface area contributed by atoms with Crippen LogP contribution in [0.2, 0.25) is 0 Å². The average molecular weight is 386 g/mol. The topological polar surface area (TPSA) is 87.5 Å². The van der Waals surface area contributed by atoms with Crippen LogP contribution in [0, 0.1) is 6.92 Å². The van der Waals surface area contributed by atoms with Gasteiger partial charge in [-0.3, -0.25) is 0 Å². The number of nitrogens with one attached hydrogen (secondary N) is 1. The molecule has 0 radical (unpaired) electrons. The minimum absolute atomic E-state index is 0.295. The van der Waals surface area contributed by atoms with E-state index < -0.39 is 6.04 Å². The molecule has 28 heavy (non-hydrogen) atoms. The van der Waals surface area contributed by atoms with Crippen molar-refractivity contribution in [3.63, 3.8) is 0 Å². The molecule has 1 aromatic heterocycles. The van der Waals surface area contributed by atoms with Gasteiger partial charge in [0.15, 0.2) is 11.5 Å². The van der Waals surface area contributed by atoms with Gasteiger partial charge in [-0.2, -0.15) is 10.1 Å². The first-order valence-electron chi connectivity index (χ1n) is 9.36. The zero-order valence-electron chi connectivity index (χ0n) is 16.9. The first-order valence-corrected chi connectivity index (χ1v) is 9.36. The molecule has 1 atom stereocenters. The maximum Gasteiger partial charge on any atom is 0.338 e. The van der Waals surface area contributed by atoms with Gasteiger partial charge in [-0.1, -0.05) is 19.4 Å². The lowest BCUT2D eigenvalue weighted by Crippen LogP contribution is -2.30. The molecule has 0 saturated carbocycles. The number of esters is 1. The van der Waals surface area contributed by atoms with Crippen LogP contribution in [0.3, 0.4) is 0 Å². The lowest BCUT2D eigenvalue weighted by molar-refractivity contribution is -0.139. The molecule has 150 valence electrons. The second-order valence-corrected chi connectivity index (χ2v) is 6.43. The highest BCUT2D eigenvalue weighted by atomic mass is 16.5. The number of allylic oxidation sites excluding steroid dienone is 1. The summed E-state index contributed by atoms with van der Waals surface area (Å²) >= 11 is 0. The summed E-state index contributed by atoms with van der Waals surface area (Å²) < 4.78 is 17.9. The molecule has 1 aliphatic rings. The fourth-order valence-electron chi connectivity index (χ4n) is 3.41. The van der Waals surface area contributed by atoms with Crippen LogP contribution in [-0.4, -0.2) is 41.6 Å². The summed E-state index contributed by atoms with van der Waals surface area (Å²) in [7, 11) is 3.17. The number of ether oxygens (including phenoxy) is 3. The molecule has 0 bridgehead atoms. The lowest BCUT2D eigenvalue weighted by Gasteiger charge is -2.29. The number of methoxy groups -OCH3 is 2. The third kappa shape index (κ3) is 3.54. The summed E-state index contributed by atoms with van der Waals surface area (Å²) in [5, 5.41) is 7.79. The first-order chi connectivity index (χ1) is 13.5. The van der Waals surface area contributed by atoms with Gasteiger partial charge in [-0.15, -0.1) is 0 Å². The number of hydrogen-bond donors (Lipinski definition) is 1. The van der Waals surface area contributed by atoms with Gasteiger partial charge in [0.2, 0.25) is 5.95 Å². The van der Waals surface area contributed by atoms with Crippen molar-refractivity contribution in [2.45, 2.75) is 39.7 Å². The summed E-state index contributed by atoms with van der Waals surface area (Å²) in [6, 6.07) is 5.11. The predicted octanol–water partition coefficient (Wildman–Crippen LogP) is 3.24. The fraction of sp³-hybridized carbons (Fsp3) is 0.450. The number of nitrogens with zero attached hydrogens (tertiary/aromatic N) is 3. The molecule has 0 unspecified atom stereocenters. The summed E-state index contributed by atoms with van der Waals surface area (Å²) in [4.78, 5) is 17.4. The molecule has 0 amide bonds. The van der Waals surface area contributed by atoms with Crippen LogP contribution >= 0.6 is 0 Å². The van der Waals surface area contributed by atoms with Crippen molar-refractivity contribution < 1.29 is 19.0 Å². The summed E-state index contributed by atoms with van der Waals surface area (Å²) in [5.74, 6) is 2.06. The Balaban J connectivity index is 2.21. The minimum Gasteiger partial charge on any atom is -0.493 e. The van der Waals surface area contributed by atoms with Crippen LogP contribution < -0.4 is 14.8 Å². The number of benzene rings is 1.